The largest absolute Gasteiger partial charge is 0.493 e. The van der Waals surface area contributed by atoms with Gasteiger partial charge >= 0.3 is 6.18 Å². The van der Waals surface area contributed by atoms with Crippen molar-refractivity contribution in [1.29, 1.82) is 0 Å². The van der Waals surface area contributed by atoms with E-state index < -0.39 is 23.7 Å². The van der Waals surface area contributed by atoms with Crippen LogP contribution in [-0.4, -0.2) is 36.0 Å². The zero-order valence-corrected chi connectivity index (χ0v) is 25.5. The third-order valence-electron chi connectivity index (χ3n) is 7.21. The summed E-state index contributed by atoms with van der Waals surface area (Å²) in [5.74, 6) is -0.226. The Kier molecular flexibility index (Phi) is 11.5. The van der Waals surface area contributed by atoms with Crippen molar-refractivity contribution in [1.82, 2.24) is 4.90 Å². The van der Waals surface area contributed by atoms with Crippen LogP contribution >= 0.6 is 23.4 Å². The van der Waals surface area contributed by atoms with E-state index in [0.717, 1.165) is 17.2 Å². The number of thioether (sulfide) groups is 1. The van der Waals surface area contributed by atoms with E-state index in [1.165, 1.54) is 30.8 Å². The second-order valence-electron chi connectivity index (χ2n) is 10.3. The van der Waals surface area contributed by atoms with E-state index in [9.17, 15) is 22.7 Å². The first-order valence-electron chi connectivity index (χ1n) is 13.9. The molecule has 0 aliphatic heterocycles. The Morgan fingerprint density at radius 2 is 1.56 bits per heavy atom. The van der Waals surface area contributed by atoms with Crippen LogP contribution in [0.15, 0.2) is 95.9 Å². The highest BCUT2D eigenvalue weighted by Gasteiger charge is 2.34. The second kappa shape index (κ2) is 15.1. The normalized spacial score (nSPS) is 12.6. The number of halogens is 5. The molecule has 0 spiro atoms. The zero-order valence-electron chi connectivity index (χ0n) is 24.0. The van der Waals surface area contributed by atoms with Crippen molar-refractivity contribution < 1.29 is 27.4 Å². The molecule has 4 aromatic rings. The van der Waals surface area contributed by atoms with Gasteiger partial charge in [-0.1, -0.05) is 84.4 Å². The smallest absolute Gasteiger partial charge is 0.417 e. The van der Waals surface area contributed by atoms with Gasteiger partial charge in [0.2, 0.25) is 0 Å². The van der Waals surface area contributed by atoms with Gasteiger partial charge in [-0.05, 0) is 48.4 Å². The van der Waals surface area contributed by atoms with Crippen LogP contribution in [0.5, 0.6) is 5.75 Å². The first-order chi connectivity index (χ1) is 20.6. The second-order valence-corrected chi connectivity index (χ2v) is 11.5. The molecule has 1 unspecified atom stereocenters. The van der Waals surface area contributed by atoms with E-state index >= 15 is 0 Å². The highest BCUT2D eigenvalue weighted by molar-refractivity contribution is 7.98. The number of nitrogens with zero attached hydrogens (tertiary/aromatic N) is 1. The number of aliphatic hydroxyl groups is 1. The molecule has 0 fully saturated rings. The van der Waals surface area contributed by atoms with Crippen molar-refractivity contribution in [3.63, 3.8) is 0 Å². The maximum atomic E-state index is 14.7. The highest BCUT2D eigenvalue weighted by atomic mass is 35.5. The van der Waals surface area contributed by atoms with Crippen molar-refractivity contribution in [3.05, 3.63) is 130 Å². The summed E-state index contributed by atoms with van der Waals surface area (Å²) >= 11 is 7.62. The van der Waals surface area contributed by atoms with E-state index in [1.807, 2.05) is 60.7 Å². The molecule has 4 rings (SSSR count). The molecule has 0 amide bonds. The van der Waals surface area contributed by atoms with Gasteiger partial charge in [0.25, 0.3) is 0 Å². The number of hydrogen-bond acceptors (Lipinski definition) is 4. The van der Waals surface area contributed by atoms with Crippen molar-refractivity contribution in [2.24, 2.45) is 0 Å². The van der Waals surface area contributed by atoms with Gasteiger partial charge in [-0.15, -0.1) is 11.8 Å². The number of aliphatic hydroxyl groups excluding tert-OH is 1. The van der Waals surface area contributed by atoms with E-state index in [-0.39, 0.29) is 29.7 Å². The Labute approximate surface area is 259 Å². The molecule has 0 aliphatic rings. The summed E-state index contributed by atoms with van der Waals surface area (Å²) in [6.07, 6.45) is -3.18. The number of alkyl halides is 3. The molecule has 43 heavy (non-hydrogen) atoms. The van der Waals surface area contributed by atoms with Gasteiger partial charge in [0, 0.05) is 42.1 Å². The van der Waals surface area contributed by atoms with Gasteiger partial charge in [0.1, 0.15) is 11.6 Å². The van der Waals surface area contributed by atoms with Crippen LogP contribution in [0, 0.1) is 5.82 Å². The Hall–Kier alpha value is -3.04. The molecule has 0 bridgehead atoms. The summed E-state index contributed by atoms with van der Waals surface area (Å²) in [5, 5.41) is 9.65. The fraction of sp³-hybridized carbons (Fsp3) is 0.294. The van der Waals surface area contributed by atoms with Crippen LogP contribution in [0.2, 0.25) is 5.02 Å². The molecular formula is C34H34ClF4NO2S. The first-order valence-corrected chi connectivity index (χ1v) is 15.5. The predicted octanol–water partition coefficient (Wildman–Crippen LogP) is 9.38. The molecule has 4 aromatic carbocycles. The van der Waals surface area contributed by atoms with Gasteiger partial charge < -0.3 is 9.84 Å². The average Bonchev–Trinajstić information content (AvgIpc) is 2.98. The van der Waals surface area contributed by atoms with Gasteiger partial charge in [-0.25, -0.2) is 4.39 Å². The van der Waals surface area contributed by atoms with Gasteiger partial charge in [0.05, 0.1) is 23.3 Å². The van der Waals surface area contributed by atoms with Crippen molar-refractivity contribution in [2.75, 3.05) is 26.0 Å². The van der Waals surface area contributed by atoms with Crippen LogP contribution < -0.4 is 4.74 Å². The van der Waals surface area contributed by atoms with E-state index in [1.54, 1.807) is 18.4 Å². The molecule has 228 valence electrons. The number of benzene rings is 4. The Balaban J connectivity index is 1.57. The minimum absolute atomic E-state index is 0.0425. The summed E-state index contributed by atoms with van der Waals surface area (Å²) in [7, 11) is 0. The summed E-state index contributed by atoms with van der Waals surface area (Å²) < 4.78 is 61.5. The van der Waals surface area contributed by atoms with Crippen LogP contribution in [0.25, 0.3) is 0 Å². The highest BCUT2D eigenvalue weighted by Crippen LogP contribution is 2.37. The topological polar surface area (TPSA) is 32.7 Å². The van der Waals surface area contributed by atoms with Crippen molar-refractivity contribution in [3.8, 4) is 5.75 Å². The molecule has 0 heterocycles. The minimum Gasteiger partial charge on any atom is -0.493 e. The maximum Gasteiger partial charge on any atom is 0.417 e. The van der Waals surface area contributed by atoms with Gasteiger partial charge in [-0.2, -0.15) is 13.2 Å². The Morgan fingerprint density at radius 1 is 0.930 bits per heavy atom. The van der Waals surface area contributed by atoms with Gasteiger partial charge in [0.15, 0.2) is 0 Å². The molecule has 3 nitrogen and oxygen atoms in total. The number of rotatable bonds is 13. The van der Waals surface area contributed by atoms with Crippen LogP contribution in [0.4, 0.5) is 17.6 Å². The van der Waals surface area contributed by atoms with Crippen LogP contribution in [0.3, 0.4) is 0 Å². The molecule has 0 saturated heterocycles. The third-order valence-corrected chi connectivity index (χ3v) is 8.44. The lowest BCUT2D eigenvalue weighted by Gasteiger charge is -2.29. The number of ether oxygens (including phenoxy) is 1. The molecule has 0 aromatic heterocycles. The maximum absolute atomic E-state index is 14.7. The lowest BCUT2D eigenvalue weighted by atomic mass is 9.90. The van der Waals surface area contributed by atoms with E-state index in [4.69, 9.17) is 16.3 Å². The predicted molar refractivity (Wildman–Crippen MR) is 165 cm³/mol. The fourth-order valence-corrected chi connectivity index (χ4v) is 6.15. The standard InChI is InChI=1S/C34H34ClF4NO2S/c1-23(41)32-30(36)19-27(20-31(32)43-2)42-18-10-17-40(21-26-15-9-16-29(33(26)35)34(37,38)39)22-28(24-11-5-3-6-12-24)25-13-7-4-8-14-25/h3-9,11-16,19-20,23,28,41H,10,17-18,21-22H2,1-2H3. The lowest BCUT2D eigenvalue weighted by molar-refractivity contribution is -0.137. The molecule has 1 N–H and O–H groups in total. The van der Waals surface area contributed by atoms with Crippen LogP contribution in [-0.2, 0) is 12.7 Å². The van der Waals surface area contributed by atoms with Gasteiger partial charge in [-0.3, -0.25) is 4.90 Å². The molecule has 0 saturated carbocycles. The molecule has 1 atom stereocenters. The average molecular weight is 632 g/mol. The van der Waals surface area contributed by atoms with Crippen molar-refractivity contribution in [2.45, 2.75) is 43.0 Å². The first kappa shape index (κ1) is 32.9. The van der Waals surface area contributed by atoms with Crippen molar-refractivity contribution >= 4 is 23.4 Å². The molecule has 0 aliphatic carbocycles. The summed E-state index contributed by atoms with van der Waals surface area (Å²) in [4.78, 5) is 2.68. The summed E-state index contributed by atoms with van der Waals surface area (Å²) in [6, 6.07) is 26.9. The lowest BCUT2D eigenvalue weighted by Crippen LogP contribution is -2.31. The fourth-order valence-electron chi connectivity index (χ4n) is 5.13. The monoisotopic (exact) mass is 631 g/mol. The zero-order chi connectivity index (χ0) is 31.0. The Bertz CT molecular complexity index is 1430. The third kappa shape index (κ3) is 8.76. The Morgan fingerprint density at radius 3 is 2.12 bits per heavy atom. The van der Waals surface area contributed by atoms with Crippen LogP contribution in [0.1, 0.15) is 53.2 Å². The molecule has 9 heteroatoms. The summed E-state index contributed by atoms with van der Waals surface area (Å²) in [6.45, 7) is 2.99. The minimum atomic E-state index is -4.56. The SMILES string of the molecule is CSc1cc(OCCCN(Cc2cccc(C(F)(F)F)c2Cl)CC(c2ccccc2)c2ccccc2)cc(F)c1C(C)O. The molecular weight excluding hydrogens is 598 g/mol. The summed E-state index contributed by atoms with van der Waals surface area (Å²) in [5.41, 5.74) is 1.94. The quantitative estimate of drug-likeness (QED) is 0.0905. The van der Waals surface area contributed by atoms with E-state index in [2.05, 4.69) is 4.90 Å². The van der Waals surface area contributed by atoms with E-state index in [0.29, 0.717) is 35.7 Å². The molecule has 0 radical (unpaired) electrons. The number of hydrogen-bond donors (Lipinski definition) is 1.